The fourth-order valence-corrected chi connectivity index (χ4v) is 0.750. The third-order valence-corrected chi connectivity index (χ3v) is 1.36. The third-order valence-electron chi connectivity index (χ3n) is 1.36. The number of carbonyl (C=O) groups is 1. The number of carbonyl (C=O) groups excluding carboxylic acids is 1. The number of pyridine rings is 1. The van der Waals surface area contributed by atoms with Gasteiger partial charge in [-0.1, -0.05) is 11.8 Å². The maximum atomic E-state index is 12.8. The van der Waals surface area contributed by atoms with Crippen molar-refractivity contribution in [3.05, 3.63) is 23.6 Å². The molecule has 1 aromatic heterocycles. The summed E-state index contributed by atoms with van der Waals surface area (Å²) in [5.74, 6) is 3.68. The quantitative estimate of drug-likeness (QED) is 0.617. The maximum absolute atomic E-state index is 12.8. The molecular weight excluding hydrogens is 185 g/mol. The van der Waals surface area contributed by atoms with Gasteiger partial charge < -0.3 is 11.5 Å². The number of halogens is 1. The highest BCUT2D eigenvalue weighted by Gasteiger charge is 1.98. The summed E-state index contributed by atoms with van der Waals surface area (Å²) in [4.78, 5) is 13.9. The lowest BCUT2D eigenvalue weighted by atomic mass is 10.2. The molecule has 0 unspecified atom stereocenters. The van der Waals surface area contributed by atoms with Crippen molar-refractivity contribution in [3.63, 3.8) is 0 Å². The molecule has 72 valence electrons. The molecule has 0 atom stereocenters. The highest BCUT2D eigenvalue weighted by atomic mass is 19.1. The van der Waals surface area contributed by atoms with E-state index in [2.05, 4.69) is 16.8 Å². The molecule has 1 amide bonds. The minimum Gasteiger partial charge on any atom is -0.381 e. The third kappa shape index (κ3) is 2.75. The second-order valence-electron chi connectivity index (χ2n) is 2.54. The van der Waals surface area contributed by atoms with Crippen LogP contribution in [0.3, 0.4) is 0 Å². The average Bonchev–Trinajstić information content (AvgIpc) is 2.10. The van der Waals surface area contributed by atoms with Gasteiger partial charge in [-0.05, 0) is 6.07 Å². The largest absolute Gasteiger partial charge is 0.381 e. The predicted molar refractivity (Wildman–Crippen MR) is 49.3 cm³/mol. The van der Waals surface area contributed by atoms with Gasteiger partial charge in [-0.25, -0.2) is 9.37 Å². The van der Waals surface area contributed by atoms with Crippen LogP contribution >= 0.6 is 0 Å². The van der Waals surface area contributed by atoms with E-state index in [1.807, 2.05) is 0 Å². The molecular formula is C9H8FN3O. The fraction of sp³-hybridized carbons (Fsp3) is 0.111. The number of hydrogen-bond acceptors (Lipinski definition) is 3. The molecule has 0 radical (unpaired) electrons. The van der Waals surface area contributed by atoms with Crippen molar-refractivity contribution >= 4 is 11.7 Å². The molecule has 0 bridgehead atoms. The van der Waals surface area contributed by atoms with Crippen LogP contribution in [0.25, 0.3) is 0 Å². The monoisotopic (exact) mass is 193 g/mol. The molecule has 4 nitrogen and oxygen atoms in total. The second-order valence-corrected chi connectivity index (χ2v) is 2.54. The van der Waals surface area contributed by atoms with Crippen molar-refractivity contribution in [2.24, 2.45) is 5.73 Å². The number of primary amides is 1. The van der Waals surface area contributed by atoms with Crippen LogP contribution in [0.4, 0.5) is 10.2 Å². The van der Waals surface area contributed by atoms with Crippen LogP contribution in [-0.2, 0) is 4.79 Å². The first-order valence-corrected chi connectivity index (χ1v) is 3.78. The number of amides is 1. The zero-order valence-electron chi connectivity index (χ0n) is 7.25. The molecule has 4 N–H and O–H groups in total. The molecule has 0 saturated carbocycles. The SMILES string of the molecule is NC(=O)CC#Cc1cnc(N)c(F)c1. The van der Waals surface area contributed by atoms with Crippen molar-refractivity contribution in [1.82, 2.24) is 4.98 Å². The van der Waals surface area contributed by atoms with Gasteiger partial charge in [-0.2, -0.15) is 0 Å². The molecule has 1 aromatic rings. The highest BCUT2D eigenvalue weighted by Crippen LogP contribution is 2.06. The van der Waals surface area contributed by atoms with Gasteiger partial charge in [-0.3, -0.25) is 4.79 Å². The first kappa shape index (κ1) is 9.99. The Balaban J connectivity index is 2.81. The van der Waals surface area contributed by atoms with Gasteiger partial charge in [0.1, 0.15) is 0 Å². The Hall–Kier alpha value is -2.09. The highest BCUT2D eigenvalue weighted by molar-refractivity contribution is 5.76. The predicted octanol–water partition coefficient (Wildman–Crippen LogP) is 0.0298. The number of aromatic nitrogens is 1. The number of rotatable bonds is 1. The molecule has 1 rings (SSSR count). The van der Waals surface area contributed by atoms with E-state index in [-0.39, 0.29) is 12.2 Å². The summed E-state index contributed by atoms with van der Waals surface area (Å²) in [5, 5.41) is 0. The number of nitrogens with two attached hydrogens (primary N) is 2. The standard InChI is InChI=1S/C9H8FN3O/c10-7-4-6(5-13-9(7)12)2-1-3-8(11)14/h4-5H,3H2,(H2,11,14)(H2,12,13). The van der Waals surface area contributed by atoms with Crippen molar-refractivity contribution in [3.8, 4) is 11.8 Å². The van der Waals surface area contributed by atoms with Crippen LogP contribution in [0.15, 0.2) is 12.3 Å². The summed E-state index contributed by atoms with van der Waals surface area (Å²) < 4.78 is 12.8. The van der Waals surface area contributed by atoms with Gasteiger partial charge in [0.05, 0.1) is 6.42 Å². The van der Waals surface area contributed by atoms with Crippen molar-refractivity contribution in [1.29, 1.82) is 0 Å². The van der Waals surface area contributed by atoms with Crippen LogP contribution in [-0.4, -0.2) is 10.9 Å². The molecule has 0 aliphatic carbocycles. The maximum Gasteiger partial charge on any atom is 0.229 e. The smallest absolute Gasteiger partial charge is 0.229 e. The molecule has 0 aliphatic heterocycles. The Morgan fingerprint density at radius 3 is 2.93 bits per heavy atom. The Bertz CT molecular complexity index is 420. The van der Waals surface area contributed by atoms with E-state index in [1.54, 1.807) is 0 Å². The minimum atomic E-state index is -0.629. The van der Waals surface area contributed by atoms with E-state index >= 15 is 0 Å². The van der Waals surface area contributed by atoms with Crippen LogP contribution < -0.4 is 11.5 Å². The van der Waals surface area contributed by atoms with E-state index in [1.165, 1.54) is 6.20 Å². The van der Waals surface area contributed by atoms with E-state index in [4.69, 9.17) is 11.5 Å². The Morgan fingerprint density at radius 2 is 2.36 bits per heavy atom. The zero-order valence-corrected chi connectivity index (χ0v) is 7.25. The van der Waals surface area contributed by atoms with Gasteiger partial charge >= 0.3 is 0 Å². The van der Waals surface area contributed by atoms with Gasteiger partial charge in [0.2, 0.25) is 5.91 Å². The van der Waals surface area contributed by atoms with E-state index in [0.717, 1.165) is 6.07 Å². The van der Waals surface area contributed by atoms with Gasteiger partial charge in [0.15, 0.2) is 11.6 Å². The van der Waals surface area contributed by atoms with Crippen molar-refractivity contribution < 1.29 is 9.18 Å². The Labute approximate surface area is 80.1 Å². The number of nitrogen functional groups attached to an aromatic ring is 1. The number of hydrogen-bond donors (Lipinski definition) is 2. The molecule has 0 aromatic carbocycles. The lowest BCUT2D eigenvalue weighted by Gasteiger charge is -1.94. The van der Waals surface area contributed by atoms with Gasteiger partial charge in [0.25, 0.3) is 0 Å². The van der Waals surface area contributed by atoms with Crippen LogP contribution in [0, 0.1) is 17.7 Å². The normalized spacial score (nSPS) is 8.93. The lowest BCUT2D eigenvalue weighted by Crippen LogP contribution is -2.08. The fourth-order valence-electron chi connectivity index (χ4n) is 0.750. The molecule has 14 heavy (non-hydrogen) atoms. The number of anilines is 1. The van der Waals surface area contributed by atoms with Crippen molar-refractivity contribution in [2.75, 3.05) is 5.73 Å². The van der Waals surface area contributed by atoms with E-state index < -0.39 is 11.7 Å². The van der Waals surface area contributed by atoms with E-state index in [9.17, 15) is 9.18 Å². The molecule has 5 heteroatoms. The minimum absolute atomic E-state index is 0.0635. The van der Waals surface area contributed by atoms with Crippen LogP contribution in [0.2, 0.25) is 0 Å². The summed E-state index contributed by atoms with van der Waals surface area (Å²) in [7, 11) is 0. The van der Waals surface area contributed by atoms with E-state index in [0.29, 0.717) is 5.56 Å². The molecule has 0 saturated heterocycles. The molecule has 1 heterocycles. The topological polar surface area (TPSA) is 82.0 Å². The van der Waals surface area contributed by atoms with Gasteiger partial charge in [-0.15, -0.1) is 0 Å². The summed E-state index contributed by atoms with van der Waals surface area (Å²) >= 11 is 0. The summed E-state index contributed by atoms with van der Waals surface area (Å²) in [6.45, 7) is 0. The summed E-state index contributed by atoms with van der Waals surface area (Å²) in [6.07, 6.45) is 1.26. The lowest BCUT2D eigenvalue weighted by molar-refractivity contribution is -0.117. The molecule has 0 fully saturated rings. The molecule has 0 spiro atoms. The summed E-state index contributed by atoms with van der Waals surface area (Å²) in [6, 6.07) is 1.15. The van der Waals surface area contributed by atoms with Gasteiger partial charge in [0, 0.05) is 11.8 Å². The molecule has 0 aliphatic rings. The zero-order chi connectivity index (χ0) is 10.6. The number of nitrogens with zero attached hydrogens (tertiary/aromatic N) is 1. The second kappa shape index (κ2) is 4.23. The van der Waals surface area contributed by atoms with Crippen molar-refractivity contribution in [2.45, 2.75) is 6.42 Å². The summed E-state index contributed by atoms with van der Waals surface area (Å²) in [5.41, 5.74) is 10.4. The first-order valence-electron chi connectivity index (χ1n) is 3.78. The Kier molecular flexibility index (Phi) is 3.02. The van der Waals surface area contributed by atoms with Crippen LogP contribution in [0.5, 0.6) is 0 Å². The first-order chi connectivity index (χ1) is 6.59. The average molecular weight is 193 g/mol. The Morgan fingerprint density at radius 1 is 1.64 bits per heavy atom. The van der Waals surface area contributed by atoms with Crippen LogP contribution in [0.1, 0.15) is 12.0 Å².